The summed E-state index contributed by atoms with van der Waals surface area (Å²) in [4.78, 5) is 10.3. The van der Waals surface area contributed by atoms with E-state index in [0.29, 0.717) is 23.7 Å². The Labute approximate surface area is 233 Å². The minimum atomic E-state index is 0. The average Bonchev–Trinajstić information content (AvgIpc) is 2.67. The fourth-order valence-electron chi connectivity index (χ4n) is 3.78. The zero-order valence-corrected chi connectivity index (χ0v) is 25.9. The molecule has 0 amide bonds. The maximum absolute atomic E-state index is 5.13. The Hall–Kier alpha value is -0.766. The van der Waals surface area contributed by atoms with Gasteiger partial charge in [0.2, 0.25) is 0 Å². The summed E-state index contributed by atoms with van der Waals surface area (Å²) in [6.45, 7) is 22.1. The largest absolute Gasteiger partial charge is 2.00 e. The van der Waals surface area contributed by atoms with Crippen LogP contribution >= 0.6 is 0 Å². The molecule has 0 unspecified atom stereocenters. The van der Waals surface area contributed by atoms with Crippen LogP contribution in [0.1, 0.15) is 115 Å². The third-order valence-corrected chi connectivity index (χ3v) is 5.77. The van der Waals surface area contributed by atoms with Gasteiger partial charge in [-0.15, -0.1) is 0 Å². The predicted octanol–water partition coefficient (Wildman–Crippen LogP) is 3.07. The van der Waals surface area contributed by atoms with E-state index in [0.717, 1.165) is 22.8 Å². The molecule has 2 nitrogen and oxygen atoms in total. The predicted molar refractivity (Wildman–Crippen MR) is 135 cm³/mol. The van der Waals surface area contributed by atoms with E-state index in [4.69, 9.17) is 9.98 Å². The minimum absolute atomic E-state index is 0. The molecule has 2 rings (SSSR count). The van der Waals surface area contributed by atoms with Crippen molar-refractivity contribution in [2.45, 2.75) is 92.9 Å². The summed E-state index contributed by atoms with van der Waals surface area (Å²) >= 11 is 0. The molecule has 5 heteroatoms. The first-order valence-corrected chi connectivity index (χ1v) is 11.4. The molecule has 0 N–H and O–H groups in total. The molecule has 0 aliphatic carbocycles. The van der Waals surface area contributed by atoms with Gasteiger partial charge in [-0.1, -0.05) is 91.8 Å². The Kier molecular flexibility index (Phi) is 15.9. The van der Waals surface area contributed by atoms with Crippen molar-refractivity contribution in [2.75, 3.05) is 0 Å². The maximum atomic E-state index is 5.13. The summed E-state index contributed by atoms with van der Waals surface area (Å²) in [5.74, 6) is 1.73. The van der Waals surface area contributed by atoms with Crippen LogP contribution in [-0.4, -0.2) is 11.4 Å². The molecule has 0 aromatic heterocycles. The van der Waals surface area contributed by atoms with Crippen molar-refractivity contribution in [3.8, 4) is 0 Å². The Bertz CT molecular complexity index is 815. The van der Waals surface area contributed by atoms with Crippen molar-refractivity contribution in [3.05, 3.63) is 58.7 Å². The van der Waals surface area contributed by atoms with E-state index in [1.54, 1.807) is 0 Å². The second-order valence-corrected chi connectivity index (χ2v) is 9.58. The Morgan fingerprint density at radius 3 is 0.909 bits per heavy atom. The molecule has 0 radical (unpaired) electrons. The Morgan fingerprint density at radius 2 is 0.727 bits per heavy atom. The standard InChI is InChI=1S/C28H40N2.2BrH.Ni/c1-17(2)23-13-11-14-24(18(3)4)27(23)29-21(9)22(10)30-28-25(19(5)6)15-12-16-26(28)20(7)8;;;/h11-20H,1-10H3;2*1H;/q;;;+2/p-2/b29-21-,30-22-;;;. The zero-order valence-electron chi connectivity index (χ0n) is 21.7. The topological polar surface area (TPSA) is 24.7 Å². The number of rotatable bonds is 7. The van der Waals surface area contributed by atoms with Crippen LogP contribution in [0.3, 0.4) is 0 Å². The normalized spacial score (nSPS) is 12.1. The van der Waals surface area contributed by atoms with Gasteiger partial charge in [0, 0.05) is 0 Å². The molecule has 33 heavy (non-hydrogen) atoms. The molecule has 186 valence electrons. The van der Waals surface area contributed by atoms with Crippen molar-refractivity contribution < 1.29 is 50.5 Å². The van der Waals surface area contributed by atoms with E-state index in [9.17, 15) is 0 Å². The Balaban J connectivity index is 0. The van der Waals surface area contributed by atoms with Gasteiger partial charge in [0.1, 0.15) is 0 Å². The summed E-state index contributed by atoms with van der Waals surface area (Å²) in [6.07, 6.45) is 0. The van der Waals surface area contributed by atoms with E-state index in [1.807, 2.05) is 0 Å². The maximum Gasteiger partial charge on any atom is 2.00 e. The number of benzene rings is 2. The Morgan fingerprint density at radius 1 is 0.515 bits per heavy atom. The quantitative estimate of drug-likeness (QED) is 0.335. The number of halogens is 2. The minimum Gasteiger partial charge on any atom is -1.00 e. The monoisotopic (exact) mass is 620 g/mol. The second-order valence-electron chi connectivity index (χ2n) is 9.58. The van der Waals surface area contributed by atoms with Crippen molar-refractivity contribution in [2.24, 2.45) is 9.98 Å². The fraction of sp³-hybridized carbons (Fsp3) is 0.500. The summed E-state index contributed by atoms with van der Waals surface area (Å²) < 4.78 is 0. The molecule has 0 fully saturated rings. The van der Waals surface area contributed by atoms with Gasteiger partial charge in [-0.3, -0.25) is 9.98 Å². The van der Waals surface area contributed by atoms with E-state index < -0.39 is 0 Å². The molecule has 0 bridgehead atoms. The smallest absolute Gasteiger partial charge is 1.00 e. The van der Waals surface area contributed by atoms with E-state index in [-0.39, 0.29) is 50.5 Å². The van der Waals surface area contributed by atoms with E-state index in [2.05, 4.69) is 106 Å². The van der Waals surface area contributed by atoms with Crippen LogP contribution in [-0.2, 0) is 16.5 Å². The molecule has 0 aliphatic heterocycles. The molecule has 2 aromatic rings. The van der Waals surface area contributed by atoms with Gasteiger partial charge < -0.3 is 34.0 Å². The van der Waals surface area contributed by atoms with E-state index >= 15 is 0 Å². The number of hydrogen-bond acceptors (Lipinski definition) is 2. The second kappa shape index (κ2) is 15.3. The van der Waals surface area contributed by atoms with Crippen LogP contribution in [0.15, 0.2) is 46.4 Å². The van der Waals surface area contributed by atoms with Gasteiger partial charge in [0.15, 0.2) is 0 Å². The first kappa shape index (κ1) is 34.4. The first-order valence-electron chi connectivity index (χ1n) is 11.4. The van der Waals surface area contributed by atoms with Crippen LogP contribution in [0, 0.1) is 0 Å². The first-order chi connectivity index (χ1) is 14.0. The summed E-state index contributed by atoms with van der Waals surface area (Å²) in [7, 11) is 0. The number of aliphatic imine (C=N–C) groups is 2. The number of nitrogens with zero attached hydrogens (tertiary/aromatic N) is 2. The van der Waals surface area contributed by atoms with Crippen LogP contribution in [0.2, 0.25) is 0 Å². The van der Waals surface area contributed by atoms with Crippen molar-refractivity contribution >= 4 is 22.8 Å². The van der Waals surface area contributed by atoms with Crippen molar-refractivity contribution in [1.29, 1.82) is 0 Å². The van der Waals surface area contributed by atoms with Gasteiger partial charge >= 0.3 is 16.5 Å². The molecule has 0 heterocycles. The molecule has 0 saturated carbocycles. The summed E-state index contributed by atoms with van der Waals surface area (Å²) in [5, 5.41) is 0. The third-order valence-electron chi connectivity index (χ3n) is 5.77. The molecule has 0 spiro atoms. The van der Waals surface area contributed by atoms with Crippen LogP contribution < -0.4 is 34.0 Å². The van der Waals surface area contributed by atoms with Gasteiger partial charge in [-0.25, -0.2) is 0 Å². The molecule has 0 aliphatic rings. The summed E-state index contributed by atoms with van der Waals surface area (Å²) in [5.41, 5.74) is 9.43. The zero-order chi connectivity index (χ0) is 22.6. The fourth-order valence-corrected chi connectivity index (χ4v) is 3.78. The van der Waals surface area contributed by atoms with Crippen LogP contribution in [0.4, 0.5) is 11.4 Å². The molecule has 0 atom stereocenters. The van der Waals surface area contributed by atoms with Gasteiger partial charge in [-0.2, -0.15) is 0 Å². The van der Waals surface area contributed by atoms with Crippen molar-refractivity contribution in [1.82, 2.24) is 0 Å². The number of para-hydroxylation sites is 2. The SMILES string of the molecule is CC(=N/c1c(C(C)C)cccc1C(C)C)/C(C)=N\c1c(C(C)C)cccc1C(C)C.[Br-].[Br-].[Ni+2]. The summed E-state index contributed by atoms with van der Waals surface area (Å²) in [6, 6.07) is 13.2. The molecular formula is C28H40Br2N2Ni. The molecule has 0 saturated heterocycles. The van der Waals surface area contributed by atoms with Crippen LogP contribution in [0.5, 0.6) is 0 Å². The van der Waals surface area contributed by atoms with Crippen molar-refractivity contribution in [3.63, 3.8) is 0 Å². The van der Waals surface area contributed by atoms with Crippen LogP contribution in [0.25, 0.3) is 0 Å². The van der Waals surface area contributed by atoms with Gasteiger partial charge in [-0.05, 0) is 59.8 Å². The molecular weight excluding hydrogens is 583 g/mol. The molecule has 2 aromatic carbocycles. The van der Waals surface area contributed by atoms with Gasteiger partial charge in [0.05, 0.1) is 22.8 Å². The van der Waals surface area contributed by atoms with Gasteiger partial charge in [0.25, 0.3) is 0 Å². The number of hydrogen-bond donors (Lipinski definition) is 0. The van der Waals surface area contributed by atoms with E-state index in [1.165, 1.54) is 22.3 Å². The third kappa shape index (κ3) is 8.75. The average molecular weight is 623 g/mol.